The maximum absolute atomic E-state index is 12.0. The van der Waals surface area contributed by atoms with Crippen LogP contribution in [0.1, 0.15) is 30.0 Å². The molecule has 104 valence electrons. The van der Waals surface area contributed by atoms with Crippen molar-refractivity contribution in [3.8, 4) is 0 Å². The number of nitrogens with zero attached hydrogens (tertiary/aromatic N) is 1. The average molecular weight is 269 g/mol. The lowest BCUT2D eigenvalue weighted by atomic mass is 9.99. The summed E-state index contributed by atoms with van der Waals surface area (Å²) in [6.45, 7) is 0.526. The monoisotopic (exact) mass is 269 g/mol. The Labute approximate surface area is 119 Å². The van der Waals surface area contributed by atoms with Gasteiger partial charge >= 0.3 is 0 Å². The van der Waals surface area contributed by atoms with Gasteiger partial charge in [-0.05, 0) is 36.2 Å². The number of benzene rings is 1. The van der Waals surface area contributed by atoms with Crippen molar-refractivity contribution in [2.75, 3.05) is 6.54 Å². The summed E-state index contributed by atoms with van der Waals surface area (Å²) < 4.78 is 0. The van der Waals surface area contributed by atoms with E-state index in [1.165, 1.54) is 0 Å². The second-order valence-corrected chi connectivity index (χ2v) is 4.58. The van der Waals surface area contributed by atoms with Crippen LogP contribution in [-0.2, 0) is 4.79 Å². The number of hydrogen-bond acceptors (Lipinski definition) is 3. The maximum atomic E-state index is 12.0. The second kappa shape index (κ2) is 7.40. The van der Waals surface area contributed by atoms with Crippen LogP contribution in [0.2, 0.25) is 0 Å². The van der Waals surface area contributed by atoms with Gasteiger partial charge in [0.1, 0.15) is 0 Å². The van der Waals surface area contributed by atoms with E-state index < -0.39 is 0 Å². The van der Waals surface area contributed by atoms with Gasteiger partial charge < -0.3 is 11.1 Å². The Balaban J connectivity index is 2.19. The first-order valence-corrected chi connectivity index (χ1v) is 6.75. The van der Waals surface area contributed by atoms with E-state index >= 15 is 0 Å². The van der Waals surface area contributed by atoms with Crippen LogP contribution in [0, 0.1) is 0 Å². The van der Waals surface area contributed by atoms with Gasteiger partial charge in [-0.2, -0.15) is 0 Å². The van der Waals surface area contributed by atoms with Gasteiger partial charge in [-0.15, -0.1) is 0 Å². The predicted molar refractivity (Wildman–Crippen MR) is 79.0 cm³/mol. The number of nitrogens with two attached hydrogens (primary N) is 1. The minimum absolute atomic E-state index is 0.0149. The molecule has 20 heavy (non-hydrogen) atoms. The first kappa shape index (κ1) is 14.2. The third kappa shape index (κ3) is 3.90. The van der Waals surface area contributed by atoms with Crippen molar-refractivity contribution in [1.82, 2.24) is 10.3 Å². The molecule has 1 heterocycles. The summed E-state index contributed by atoms with van der Waals surface area (Å²) in [5.41, 5.74) is 7.52. The van der Waals surface area contributed by atoms with E-state index in [-0.39, 0.29) is 11.9 Å². The molecule has 4 heteroatoms. The topological polar surface area (TPSA) is 68.0 Å². The molecule has 0 spiro atoms. The molecule has 0 aliphatic rings. The maximum Gasteiger partial charge on any atom is 0.220 e. The number of rotatable bonds is 6. The minimum atomic E-state index is -0.149. The Morgan fingerprint density at radius 3 is 2.40 bits per heavy atom. The van der Waals surface area contributed by atoms with Crippen molar-refractivity contribution in [2.24, 2.45) is 5.73 Å². The summed E-state index contributed by atoms with van der Waals surface area (Å²) >= 11 is 0. The van der Waals surface area contributed by atoms with Gasteiger partial charge in [0.2, 0.25) is 5.91 Å². The molecule has 2 aromatic rings. The van der Waals surface area contributed by atoms with Crippen LogP contribution in [0.4, 0.5) is 0 Å². The molecular weight excluding hydrogens is 250 g/mol. The van der Waals surface area contributed by atoms with Crippen LogP contribution in [0.3, 0.4) is 0 Å². The van der Waals surface area contributed by atoms with Gasteiger partial charge in [0, 0.05) is 18.8 Å². The van der Waals surface area contributed by atoms with Crippen LogP contribution < -0.4 is 11.1 Å². The number of pyridine rings is 1. The summed E-state index contributed by atoms with van der Waals surface area (Å²) in [5.74, 6) is 0.0149. The van der Waals surface area contributed by atoms with E-state index in [4.69, 9.17) is 5.73 Å². The fourth-order valence-corrected chi connectivity index (χ4v) is 2.06. The number of aromatic nitrogens is 1. The molecule has 4 nitrogen and oxygen atoms in total. The highest BCUT2D eigenvalue weighted by Gasteiger charge is 2.16. The van der Waals surface area contributed by atoms with Gasteiger partial charge in [0.15, 0.2) is 0 Å². The summed E-state index contributed by atoms with van der Waals surface area (Å²) in [6.07, 6.45) is 4.61. The third-order valence-electron chi connectivity index (χ3n) is 3.09. The predicted octanol–water partition coefficient (Wildman–Crippen LogP) is 2.03. The van der Waals surface area contributed by atoms with Crippen molar-refractivity contribution in [3.63, 3.8) is 0 Å². The molecule has 3 N–H and O–H groups in total. The number of carbonyl (C=O) groups is 1. The zero-order chi connectivity index (χ0) is 14.2. The van der Waals surface area contributed by atoms with Crippen LogP contribution in [0.15, 0.2) is 54.9 Å². The number of carbonyl (C=O) groups excluding carboxylic acids is 1. The van der Waals surface area contributed by atoms with E-state index in [0.29, 0.717) is 19.4 Å². The number of amides is 1. The van der Waals surface area contributed by atoms with Crippen LogP contribution >= 0.6 is 0 Å². The highest BCUT2D eigenvalue weighted by Crippen LogP contribution is 2.21. The Bertz CT molecular complexity index is 488. The van der Waals surface area contributed by atoms with Crippen LogP contribution in [0.25, 0.3) is 0 Å². The second-order valence-electron chi connectivity index (χ2n) is 4.58. The molecule has 0 aliphatic carbocycles. The lowest BCUT2D eigenvalue weighted by Gasteiger charge is -2.19. The molecule has 2 rings (SSSR count). The number of hydrogen-bond donors (Lipinski definition) is 2. The van der Waals surface area contributed by atoms with E-state index in [2.05, 4.69) is 10.3 Å². The van der Waals surface area contributed by atoms with E-state index in [9.17, 15) is 4.79 Å². The van der Waals surface area contributed by atoms with Gasteiger partial charge in [0.05, 0.1) is 6.04 Å². The van der Waals surface area contributed by atoms with Crippen molar-refractivity contribution in [2.45, 2.75) is 18.9 Å². The van der Waals surface area contributed by atoms with Gasteiger partial charge in [-0.25, -0.2) is 0 Å². The lowest BCUT2D eigenvalue weighted by molar-refractivity contribution is -0.121. The van der Waals surface area contributed by atoms with Crippen LogP contribution in [0.5, 0.6) is 0 Å². The summed E-state index contributed by atoms with van der Waals surface area (Å²) in [4.78, 5) is 16.0. The summed E-state index contributed by atoms with van der Waals surface area (Å²) in [6, 6.07) is 13.6. The average Bonchev–Trinajstić information content (AvgIpc) is 2.52. The first-order chi connectivity index (χ1) is 9.81. The standard InChI is InChI=1S/C16H19N3O/c17-10-4-7-15(20)19-16(13-5-2-1-3-6-13)14-8-11-18-12-9-14/h1-3,5-6,8-9,11-12,16H,4,7,10,17H2,(H,19,20). The quantitative estimate of drug-likeness (QED) is 0.843. The van der Waals surface area contributed by atoms with E-state index in [1.54, 1.807) is 12.4 Å². The van der Waals surface area contributed by atoms with Crippen LogP contribution in [-0.4, -0.2) is 17.4 Å². The van der Waals surface area contributed by atoms with Gasteiger partial charge in [-0.3, -0.25) is 9.78 Å². The smallest absolute Gasteiger partial charge is 0.220 e. The summed E-state index contributed by atoms with van der Waals surface area (Å²) in [5, 5.41) is 3.06. The molecule has 1 aromatic heterocycles. The Morgan fingerprint density at radius 1 is 1.10 bits per heavy atom. The van der Waals surface area contributed by atoms with Crippen molar-refractivity contribution in [3.05, 3.63) is 66.0 Å². The Kier molecular flexibility index (Phi) is 5.26. The fourth-order valence-electron chi connectivity index (χ4n) is 2.06. The molecule has 0 saturated carbocycles. The van der Waals surface area contributed by atoms with Crippen molar-refractivity contribution in [1.29, 1.82) is 0 Å². The SMILES string of the molecule is NCCCC(=O)NC(c1ccccc1)c1ccncc1. The summed E-state index contributed by atoms with van der Waals surface area (Å²) in [7, 11) is 0. The molecule has 1 atom stereocenters. The Hall–Kier alpha value is -2.20. The highest BCUT2D eigenvalue weighted by atomic mass is 16.1. The fraction of sp³-hybridized carbons (Fsp3) is 0.250. The van der Waals surface area contributed by atoms with Crippen molar-refractivity contribution >= 4 is 5.91 Å². The molecule has 0 fully saturated rings. The molecule has 0 radical (unpaired) electrons. The van der Waals surface area contributed by atoms with Crippen molar-refractivity contribution < 1.29 is 4.79 Å². The van der Waals surface area contributed by atoms with E-state index in [1.807, 2.05) is 42.5 Å². The molecule has 0 bridgehead atoms. The lowest BCUT2D eigenvalue weighted by Crippen LogP contribution is -2.29. The van der Waals surface area contributed by atoms with Gasteiger partial charge in [-0.1, -0.05) is 30.3 Å². The molecule has 1 amide bonds. The van der Waals surface area contributed by atoms with E-state index in [0.717, 1.165) is 11.1 Å². The normalized spacial score (nSPS) is 11.8. The Morgan fingerprint density at radius 2 is 1.75 bits per heavy atom. The molecule has 1 aromatic carbocycles. The minimum Gasteiger partial charge on any atom is -0.345 e. The largest absolute Gasteiger partial charge is 0.345 e. The number of nitrogens with one attached hydrogen (secondary N) is 1. The third-order valence-corrected chi connectivity index (χ3v) is 3.09. The molecule has 1 unspecified atom stereocenters. The highest BCUT2D eigenvalue weighted by molar-refractivity contribution is 5.77. The molecule has 0 saturated heterocycles. The molecular formula is C16H19N3O. The zero-order valence-corrected chi connectivity index (χ0v) is 11.3. The molecule has 0 aliphatic heterocycles. The van der Waals surface area contributed by atoms with Gasteiger partial charge in [0.25, 0.3) is 0 Å². The zero-order valence-electron chi connectivity index (χ0n) is 11.3. The first-order valence-electron chi connectivity index (χ1n) is 6.75.